The smallest absolute Gasteiger partial charge is 0.378 e. The van der Waals surface area contributed by atoms with E-state index in [2.05, 4.69) is 18.8 Å². The zero-order valence-corrected chi connectivity index (χ0v) is 21.2. The summed E-state index contributed by atoms with van der Waals surface area (Å²) in [6, 6.07) is 10.00. The molecule has 1 aromatic carbocycles. The first-order valence-corrected chi connectivity index (χ1v) is 12.7. The van der Waals surface area contributed by atoms with Gasteiger partial charge in [-0.1, -0.05) is 32.0 Å². The second-order valence-electron chi connectivity index (χ2n) is 10.4. The summed E-state index contributed by atoms with van der Waals surface area (Å²) in [7, 11) is 0. The normalized spacial score (nSPS) is 17.6. The molecule has 5 rings (SSSR count). The van der Waals surface area contributed by atoms with E-state index in [-0.39, 0.29) is 30.1 Å². The third kappa shape index (κ3) is 4.84. The second-order valence-corrected chi connectivity index (χ2v) is 10.4. The van der Waals surface area contributed by atoms with Gasteiger partial charge in [0.25, 0.3) is 11.5 Å². The van der Waals surface area contributed by atoms with Crippen molar-refractivity contribution >= 4 is 5.91 Å². The molecule has 3 aromatic rings. The molecule has 0 spiro atoms. The molecule has 2 aromatic heterocycles. The molecule has 2 aliphatic rings. The fourth-order valence-electron chi connectivity index (χ4n) is 5.02. The first kappa shape index (κ1) is 26.1. The van der Waals surface area contributed by atoms with Crippen LogP contribution in [0.5, 0.6) is 0 Å². The Kier molecular flexibility index (Phi) is 6.63. The molecule has 1 fully saturated rings. The number of aryl methyl sites for hydroxylation is 1. The Labute approximate surface area is 217 Å². The monoisotopic (exact) mass is 526 g/mol. The zero-order chi connectivity index (χ0) is 27.2. The van der Waals surface area contributed by atoms with Gasteiger partial charge in [0.2, 0.25) is 0 Å². The molecule has 2 N–H and O–H groups in total. The van der Waals surface area contributed by atoms with Gasteiger partial charge < -0.3 is 15.0 Å². The van der Waals surface area contributed by atoms with Crippen LogP contribution in [-0.2, 0) is 29.4 Å². The maximum absolute atomic E-state index is 13.2. The Balaban J connectivity index is 1.41. The molecular weight excluding hydrogens is 497 g/mol. The van der Waals surface area contributed by atoms with Crippen LogP contribution in [0.15, 0.2) is 47.3 Å². The van der Waals surface area contributed by atoms with Crippen molar-refractivity contribution in [3.63, 3.8) is 0 Å². The molecule has 1 aliphatic carbocycles. The first-order chi connectivity index (χ1) is 18.0. The quantitative estimate of drug-likeness (QED) is 0.514. The number of benzene rings is 1. The van der Waals surface area contributed by atoms with Gasteiger partial charge in [-0.3, -0.25) is 14.6 Å². The lowest BCUT2D eigenvalue weighted by Gasteiger charge is -2.24. The van der Waals surface area contributed by atoms with Crippen LogP contribution in [0.1, 0.15) is 84.7 Å². The third-order valence-corrected chi connectivity index (χ3v) is 7.42. The van der Waals surface area contributed by atoms with Crippen LogP contribution in [0.4, 0.5) is 13.2 Å². The molecule has 3 heterocycles. The topological polar surface area (TPSA) is 99.2 Å². The van der Waals surface area contributed by atoms with Gasteiger partial charge in [-0.15, -0.1) is 0 Å². The van der Waals surface area contributed by atoms with E-state index < -0.39 is 29.2 Å². The highest BCUT2D eigenvalue weighted by Crippen LogP contribution is 2.51. The second kappa shape index (κ2) is 9.65. The molecule has 1 atom stereocenters. The SMILES string of the molecule is CC(C)c1cccc(C2(c3nc4c(c(=O)[nH]3)CN(C(=O)[C@H](O)c3cccc(C(F)(F)F)c3)CCC4)CC2)n1. The van der Waals surface area contributed by atoms with Crippen molar-refractivity contribution < 1.29 is 23.1 Å². The van der Waals surface area contributed by atoms with Crippen LogP contribution in [0, 0.1) is 0 Å². The number of aromatic nitrogens is 3. The summed E-state index contributed by atoms with van der Waals surface area (Å²) in [6.07, 6.45) is -3.78. The van der Waals surface area contributed by atoms with Gasteiger partial charge in [0.05, 0.1) is 34.5 Å². The Hall–Kier alpha value is -3.53. The van der Waals surface area contributed by atoms with Crippen molar-refractivity contribution in [2.75, 3.05) is 6.54 Å². The Morgan fingerprint density at radius 2 is 1.87 bits per heavy atom. The van der Waals surface area contributed by atoms with E-state index in [9.17, 15) is 27.9 Å². The fraction of sp³-hybridized carbons (Fsp3) is 0.429. The number of hydrogen-bond donors (Lipinski definition) is 2. The number of halogens is 3. The van der Waals surface area contributed by atoms with Crippen molar-refractivity contribution in [2.45, 2.75) is 69.7 Å². The lowest BCUT2D eigenvalue weighted by atomic mass is 9.98. The van der Waals surface area contributed by atoms with Crippen molar-refractivity contribution in [2.24, 2.45) is 0 Å². The minimum Gasteiger partial charge on any atom is -0.378 e. The number of nitrogens with one attached hydrogen (secondary N) is 1. The van der Waals surface area contributed by atoms with E-state index in [0.717, 1.165) is 42.4 Å². The van der Waals surface area contributed by atoms with Gasteiger partial charge in [-0.05, 0) is 61.4 Å². The summed E-state index contributed by atoms with van der Waals surface area (Å²) in [6.45, 7) is 4.31. The molecule has 200 valence electrons. The zero-order valence-electron chi connectivity index (χ0n) is 21.2. The number of nitrogens with zero attached hydrogens (tertiary/aromatic N) is 3. The number of aliphatic hydroxyl groups is 1. The fourth-order valence-corrected chi connectivity index (χ4v) is 5.02. The predicted molar refractivity (Wildman–Crippen MR) is 133 cm³/mol. The van der Waals surface area contributed by atoms with Gasteiger partial charge in [0.15, 0.2) is 6.10 Å². The van der Waals surface area contributed by atoms with Gasteiger partial charge in [-0.25, -0.2) is 4.98 Å². The number of aliphatic hydroxyl groups excluding tert-OH is 1. The number of carbonyl (C=O) groups excluding carboxylic acids is 1. The van der Waals surface area contributed by atoms with E-state index in [0.29, 0.717) is 29.9 Å². The summed E-state index contributed by atoms with van der Waals surface area (Å²) in [5, 5.41) is 10.6. The summed E-state index contributed by atoms with van der Waals surface area (Å²) in [5.41, 5.74) is 0.877. The summed E-state index contributed by atoms with van der Waals surface area (Å²) in [4.78, 5) is 40.2. The standard InChI is InChI=1S/C28H29F3N4O3/c1-16(2)20-8-4-10-22(32-20)27(11-12-27)26-33-21-9-5-13-35(15-19(21)24(37)34-26)25(38)23(36)17-6-3-7-18(14-17)28(29,30)31/h3-4,6-8,10,14,16,23,36H,5,9,11-13,15H2,1-2H3,(H,33,34,37)/t23-/m1/s1. The van der Waals surface area contributed by atoms with Crippen LogP contribution >= 0.6 is 0 Å². The van der Waals surface area contributed by atoms with Crippen molar-refractivity contribution in [1.82, 2.24) is 19.9 Å². The summed E-state index contributed by atoms with van der Waals surface area (Å²) >= 11 is 0. The molecule has 0 radical (unpaired) electrons. The highest BCUT2D eigenvalue weighted by molar-refractivity contribution is 5.82. The van der Waals surface area contributed by atoms with Crippen molar-refractivity contribution in [3.8, 4) is 0 Å². The van der Waals surface area contributed by atoms with Gasteiger partial charge in [0.1, 0.15) is 5.82 Å². The number of fused-ring (bicyclic) bond motifs is 1. The van der Waals surface area contributed by atoms with Crippen LogP contribution in [-0.4, -0.2) is 37.4 Å². The number of hydrogen-bond acceptors (Lipinski definition) is 5. The Bertz CT molecular complexity index is 1430. The molecule has 38 heavy (non-hydrogen) atoms. The molecular formula is C28H29F3N4O3. The molecule has 0 unspecified atom stereocenters. The van der Waals surface area contributed by atoms with Crippen LogP contribution < -0.4 is 5.56 Å². The Morgan fingerprint density at radius 1 is 1.13 bits per heavy atom. The van der Waals surface area contributed by atoms with E-state index >= 15 is 0 Å². The Morgan fingerprint density at radius 3 is 2.55 bits per heavy atom. The highest BCUT2D eigenvalue weighted by atomic mass is 19.4. The van der Waals surface area contributed by atoms with Crippen LogP contribution in [0.3, 0.4) is 0 Å². The van der Waals surface area contributed by atoms with Crippen molar-refractivity contribution in [1.29, 1.82) is 0 Å². The van der Waals surface area contributed by atoms with E-state index in [1.54, 1.807) is 0 Å². The number of amides is 1. The molecule has 1 saturated carbocycles. The molecule has 1 amide bonds. The molecule has 1 aliphatic heterocycles. The third-order valence-electron chi connectivity index (χ3n) is 7.42. The summed E-state index contributed by atoms with van der Waals surface area (Å²) in [5.74, 6) is 0.0760. The average molecular weight is 527 g/mol. The maximum Gasteiger partial charge on any atom is 0.416 e. The number of pyridine rings is 1. The number of aromatic amines is 1. The number of H-pyrrole nitrogens is 1. The van der Waals surface area contributed by atoms with Crippen LogP contribution in [0.25, 0.3) is 0 Å². The molecule has 7 nitrogen and oxygen atoms in total. The lowest BCUT2D eigenvalue weighted by molar-refractivity contribution is -0.142. The van der Waals surface area contributed by atoms with Crippen LogP contribution in [0.2, 0.25) is 0 Å². The number of rotatable bonds is 5. The lowest BCUT2D eigenvalue weighted by Crippen LogP contribution is -2.36. The number of carbonyl (C=O) groups is 1. The van der Waals surface area contributed by atoms with Gasteiger partial charge in [0, 0.05) is 12.2 Å². The minimum atomic E-state index is -4.60. The maximum atomic E-state index is 13.2. The largest absolute Gasteiger partial charge is 0.416 e. The minimum absolute atomic E-state index is 0.0825. The van der Waals surface area contributed by atoms with E-state index in [4.69, 9.17) is 9.97 Å². The van der Waals surface area contributed by atoms with E-state index in [1.165, 1.54) is 11.0 Å². The first-order valence-electron chi connectivity index (χ1n) is 12.7. The average Bonchev–Trinajstić information content (AvgIpc) is 3.72. The summed E-state index contributed by atoms with van der Waals surface area (Å²) < 4.78 is 39.3. The molecule has 0 bridgehead atoms. The predicted octanol–water partition coefficient (Wildman–Crippen LogP) is 4.40. The highest BCUT2D eigenvalue weighted by Gasteiger charge is 2.50. The molecule has 10 heteroatoms. The van der Waals surface area contributed by atoms with Gasteiger partial charge >= 0.3 is 6.18 Å². The van der Waals surface area contributed by atoms with E-state index in [1.807, 2.05) is 18.2 Å². The molecule has 0 saturated heterocycles. The number of alkyl halides is 3. The van der Waals surface area contributed by atoms with Gasteiger partial charge in [-0.2, -0.15) is 13.2 Å². The van der Waals surface area contributed by atoms with Crippen molar-refractivity contribution in [3.05, 3.63) is 92.4 Å².